The Labute approximate surface area is 194 Å². The molecule has 1 aromatic heterocycles. The minimum Gasteiger partial charge on any atom is -0.458 e. The van der Waals surface area contributed by atoms with Crippen molar-refractivity contribution in [2.24, 2.45) is 0 Å². The van der Waals surface area contributed by atoms with E-state index in [1.807, 2.05) is 11.6 Å². The molecule has 0 saturated heterocycles. The molecule has 2 N–H and O–H groups in total. The van der Waals surface area contributed by atoms with Crippen LogP contribution in [0.2, 0.25) is 0 Å². The molecule has 33 heavy (non-hydrogen) atoms. The standard InChI is InChI=1S/C23H29N3O6S/c1-4-5-6-21(27)24-14-13-17-7-10-19(11-8-17)33(30,31)26-22(28)18-9-12-20(25-15-18)23(29)32-16(2)3/h7-12,15-16H,4-6,13-14H2,1-3H3,(H,24,27)(H,26,28). The second-order valence-corrected chi connectivity index (χ2v) is 9.35. The van der Waals surface area contributed by atoms with Crippen LogP contribution >= 0.6 is 0 Å². The molecule has 0 bridgehead atoms. The molecule has 0 aliphatic carbocycles. The lowest BCUT2D eigenvalue weighted by Gasteiger charge is -2.09. The molecule has 10 heteroatoms. The van der Waals surface area contributed by atoms with Gasteiger partial charge in [-0.1, -0.05) is 25.5 Å². The molecule has 1 heterocycles. The first kappa shape index (κ1) is 26.0. The van der Waals surface area contributed by atoms with Crippen molar-refractivity contribution in [1.29, 1.82) is 0 Å². The SMILES string of the molecule is CCCCC(=O)NCCc1ccc(S(=O)(=O)NC(=O)c2ccc(C(=O)OC(C)C)nc2)cc1. The molecule has 2 aromatic rings. The number of sulfonamides is 1. The highest BCUT2D eigenvalue weighted by atomic mass is 32.2. The normalized spacial score (nSPS) is 11.2. The summed E-state index contributed by atoms with van der Waals surface area (Å²) in [7, 11) is -4.10. The van der Waals surface area contributed by atoms with Gasteiger partial charge in [0.15, 0.2) is 0 Å². The van der Waals surface area contributed by atoms with E-state index in [9.17, 15) is 22.8 Å². The van der Waals surface area contributed by atoms with Gasteiger partial charge in [-0.05, 0) is 56.5 Å². The van der Waals surface area contributed by atoms with E-state index in [0.717, 1.165) is 24.6 Å². The summed E-state index contributed by atoms with van der Waals surface area (Å²) in [6.45, 7) is 5.87. The van der Waals surface area contributed by atoms with Gasteiger partial charge in [0, 0.05) is 19.2 Å². The van der Waals surface area contributed by atoms with Crippen LogP contribution in [0.25, 0.3) is 0 Å². The quantitative estimate of drug-likeness (QED) is 0.478. The number of carbonyl (C=O) groups excluding carboxylic acids is 3. The summed E-state index contributed by atoms with van der Waals surface area (Å²) in [6, 6.07) is 8.65. The Bertz CT molecular complexity index is 1060. The number of nitrogens with one attached hydrogen (secondary N) is 2. The zero-order valence-corrected chi connectivity index (χ0v) is 19.8. The zero-order valence-electron chi connectivity index (χ0n) is 19.0. The first-order chi connectivity index (χ1) is 15.6. The fourth-order valence-electron chi connectivity index (χ4n) is 2.77. The second kappa shape index (κ2) is 12.1. The van der Waals surface area contributed by atoms with Crippen LogP contribution in [0.3, 0.4) is 0 Å². The predicted molar refractivity (Wildman–Crippen MR) is 122 cm³/mol. The van der Waals surface area contributed by atoms with Crippen LogP contribution in [-0.4, -0.2) is 43.8 Å². The van der Waals surface area contributed by atoms with Gasteiger partial charge in [-0.25, -0.2) is 22.9 Å². The summed E-state index contributed by atoms with van der Waals surface area (Å²) in [6.07, 6.45) is 3.64. The number of carbonyl (C=O) groups is 3. The van der Waals surface area contributed by atoms with Crippen molar-refractivity contribution in [3.8, 4) is 0 Å². The van der Waals surface area contributed by atoms with E-state index in [4.69, 9.17) is 4.74 Å². The smallest absolute Gasteiger partial charge is 0.357 e. The first-order valence-corrected chi connectivity index (χ1v) is 12.2. The van der Waals surface area contributed by atoms with Gasteiger partial charge in [-0.3, -0.25) is 9.59 Å². The molecule has 0 aliphatic heterocycles. The molecule has 2 amide bonds. The number of ether oxygens (including phenoxy) is 1. The van der Waals surface area contributed by atoms with Gasteiger partial charge in [0.1, 0.15) is 5.69 Å². The van der Waals surface area contributed by atoms with Crippen LogP contribution in [0.1, 0.15) is 66.4 Å². The topological polar surface area (TPSA) is 132 Å². The number of hydrogen-bond acceptors (Lipinski definition) is 7. The summed E-state index contributed by atoms with van der Waals surface area (Å²) in [5.41, 5.74) is 0.847. The molecular formula is C23H29N3O6S. The second-order valence-electron chi connectivity index (χ2n) is 7.67. The van der Waals surface area contributed by atoms with Gasteiger partial charge in [-0.2, -0.15) is 0 Å². The van der Waals surface area contributed by atoms with Gasteiger partial charge < -0.3 is 10.1 Å². The molecule has 1 aromatic carbocycles. The van der Waals surface area contributed by atoms with Gasteiger partial charge >= 0.3 is 5.97 Å². The lowest BCUT2D eigenvalue weighted by atomic mass is 10.1. The largest absolute Gasteiger partial charge is 0.458 e. The first-order valence-electron chi connectivity index (χ1n) is 10.7. The maximum absolute atomic E-state index is 12.5. The third-order valence-corrected chi connectivity index (χ3v) is 5.88. The van der Waals surface area contributed by atoms with E-state index in [2.05, 4.69) is 10.3 Å². The number of unbranched alkanes of at least 4 members (excludes halogenated alkanes) is 1. The average Bonchev–Trinajstić information content (AvgIpc) is 2.77. The van der Waals surface area contributed by atoms with Crippen molar-refractivity contribution in [2.45, 2.75) is 57.5 Å². The highest BCUT2D eigenvalue weighted by Crippen LogP contribution is 2.12. The Morgan fingerprint density at radius 1 is 1.06 bits per heavy atom. The lowest BCUT2D eigenvalue weighted by molar-refractivity contribution is -0.121. The molecular weight excluding hydrogens is 446 g/mol. The number of aromatic nitrogens is 1. The van der Waals surface area contributed by atoms with Crippen molar-refractivity contribution in [1.82, 2.24) is 15.0 Å². The highest BCUT2D eigenvalue weighted by molar-refractivity contribution is 7.90. The molecule has 0 aliphatic rings. The number of nitrogens with zero attached hydrogens (tertiary/aromatic N) is 1. The fourth-order valence-corrected chi connectivity index (χ4v) is 3.74. The third kappa shape index (κ3) is 8.30. The summed E-state index contributed by atoms with van der Waals surface area (Å²) >= 11 is 0. The van der Waals surface area contributed by atoms with Crippen molar-refractivity contribution in [2.75, 3.05) is 6.54 Å². The van der Waals surface area contributed by atoms with E-state index in [1.54, 1.807) is 26.0 Å². The lowest BCUT2D eigenvalue weighted by Crippen LogP contribution is -2.30. The van der Waals surface area contributed by atoms with Crippen LogP contribution < -0.4 is 10.0 Å². The van der Waals surface area contributed by atoms with E-state index in [0.29, 0.717) is 19.4 Å². The van der Waals surface area contributed by atoms with Crippen LogP contribution in [-0.2, 0) is 26.0 Å². The van der Waals surface area contributed by atoms with Crippen LogP contribution in [0.15, 0.2) is 47.5 Å². The third-order valence-electron chi connectivity index (χ3n) is 4.53. The summed E-state index contributed by atoms with van der Waals surface area (Å²) in [4.78, 5) is 39.6. The van der Waals surface area contributed by atoms with Crippen molar-refractivity contribution < 1.29 is 27.5 Å². The number of pyridine rings is 1. The molecule has 0 fully saturated rings. The number of esters is 1. The van der Waals surface area contributed by atoms with E-state index in [1.165, 1.54) is 24.3 Å². The van der Waals surface area contributed by atoms with Crippen LogP contribution in [0.5, 0.6) is 0 Å². The molecule has 0 radical (unpaired) electrons. The monoisotopic (exact) mass is 475 g/mol. The minimum atomic E-state index is -4.10. The number of rotatable bonds is 11. The fraction of sp³-hybridized carbons (Fsp3) is 0.391. The van der Waals surface area contributed by atoms with Crippen molar-refractivity contribution >= 4 is 27.8 Å². The van der Waals surface area contributed by atoms with Gasteiger partial charge in [0.2, 0.25) is 5.91 Å². The molecule has 0 saturated carbocycles. The number of benzene rings is 1. The average molecular weight is 476 g/mol. The Hall–Kier alpha value is -3.27. The summed E-state index contributed by atoms with van der Waals surface area (Å²) in [5.74, 6) is -1.51. The van der Waals surface area contributed by atoms with Gasteiger partial charge in [-0.15, -0.1) is 0 Å². The summed E-state index contributed by atoms with van der Waals surface area (Å²) in [5, 5.41) is 2.83. The minimum absolute atomic E-state index is 0.00176. The summed E-state index contributed by atoms with van der Waals surface area (Å²) < 4.78 is 32.1. The maximum Gasteiger partial charge on any atom is 0.357 e. The molecule has 0 unspecified atom stereocenters. The molecule has 2 rings (SSSR count). The van der Waals surface area contributed by atoms with E-state index >= 15 is 0 Å². The highest BCUT2D eigenvalue weighted by Gasteiger charge is 2.20. The van der Waals surface area contributed by atoms with E-state index in [-0.39, 0.29) is 28.2 Å². The van der Waals surface area contributed by atoms with E-state index < -0.39 is 21.9 Å². The van der Waals surface area contributed by atoms with Gasteiger partial charge in [0.05, 0.1) is 16.6 Å². The molecule has 0 spiro atoms. The number of amides is 2. The molecule has 0 atom stereocenters. The molecule has 9 nitrogen and oxygen atoms in total. The van der Waals surface area contributed by atoms with Crippen molar-refractivity contribution in [3.63, 3.8) is 0 Å². The van der Waals surface area contributed by atoms with Crippen molar-refractivity contribution in [3.05, 3.63) is 59.4 Å². The van der Waals surface area contributed by atoms with Crippen LogP contribution in [0.4, 0.5) is 0 Å². The van der Waals surface area contributed by atoms with Crippen LogP contribution in [0, 0.1) is 0 Å². The maximum atomic E-state index is 12.5. The number of hydrogen-bond donors (Lipinski definition) is 2. The zero-order chi connectivity index (χ0) is 24.4. The Kier molecular flexibility index (Phi) is 9.53. The predicted octanol–water partition coefficient (Wildman–Crippen LogP) is 2.61. The van der Waals surface area contributed by atoms with Gasteiger partial charge in [0.25, 0.3) is 15.9 Å². The Morgan fingerprint density at radius 2 is 1.76 bits per heavy atom. The molecule has 178 valence electrons. The Morgan fingerprint density at radius 3 is 2.33 bits per heavy atom. The Balaban J connectivity index is 1.94.